The van der Waals surface area contributed by atoms with E-state index in [0.29, 0.717) is 25.1 Å². The minimum atomic E-state index is -0.101. The van der Waals surface area contributed by atoms with Crippen LogP contribution in [0.2, 0.25) is 0 Å². The Balaban J connectivity index is 1.61. The molecule has 2 amide bonds. The number of pyridine rings is 1. The van der Waals surface area contributed by atoms with Gasteiger partial charge in [0.2, 0.25) is 5.91 Å². The minimum absolute atomic E-state index is 0.101. The van der Waals surface area contributed by atoms with Crippen molar-refractivity contribution in [2.75, 3.05) is 19.6 Å². The van der Waals surface area contributed by atoms with Crippen LogP contribution < -0.4 is 5.32 Å². The number of nitrogens with one attached hydrogen (secondary N) is 1. The molecule has 0 aliphatic carbocycles. The van der Waals surface area contributed by atoms with Crippen LogP contribution in [0.5, 0.6) is 0 Å². The molecule has 1 aromatic heterocycles. The zero-order valence-electron chi connectivity index (χ0n) is 14.3. The van der Waals surface area contributed by atoms with Crippen LogP contribution in [0, 0.1) is 13.8 Å². The monoisotopic (exact) mass is 325 g/mol. The summed E-state index contributed by atoms with van der Waals surface area (Å²) in [5.74, 6) is 0.127. The van der Waals surface area contributed by atoms with E-state index >= 15 is 0 Å². The van der Waals surface area contributed by atoms with Crippen LogP contribution in [0.15, 0.2) is 24.3 Å². The second kappa shape index (κ2) is 6.99. The second-order valence-corrected chi connectivity index (χ2v) is 6.41. The van der Waals surface area contributed by atoms with Gasteiger partial charge in [-0.05, 0) is 44.9 Å². The van der Waals surface area contributed by atoms with Crippen molar-refractivity contribution in [1.82, 2.24) is 15.2 Å². The smallest absolute Gasteiger partial charge is 0.253 e. The summed E-state index contributed by atoms with van der Waals surface area (Å²) in [4.78, 5) is 30.4. The Hall–Kier alpha value is -2.43. The summed E-state index contributed by atoms with van der Waals surface area (Å²) in [7, 11) is 0. The Kier molecular flexibility index (Phi) is 4.79. The van der Waals surface area contributed by atoms with Gasteiger partial charge in [-0.25, -0.2) is 0 Å². The number of carbonyl (C=O) groups excluding carboxylic acids is 2. The highest BCUT2D eigenvalue weighted by Gasteiger charge is 2.19. The lowest BCUT2D eigenvalue weighted by atomic mass is 10.1. The van der Waals surface area contributed by atoms with Crippen molar-refractivity contribution in [2.45, 2.75) is 33.1 Å². The second-order valence-electron chi connectivity index (χ2n) is 6.41. The normalized spacial score (nSPS) is 14.4. The van der Waals surface area contributed by atoms with Gasteiger partial charge in [0, 0.05) is 31.4 Å². The van der Waals surface area contributed by atoms with Crippen molar-refractivity contribution in [3.05, 3.63) is 41.1 Å². The van der Waals surface area contributed by atoms with E-state index in [9.17, 15) is 9.59 Å². The standard InChI is InChI=1S/C19H23N3O2/c1-13-6-7-17-15(11-13)12-16(14(2)21-17)19(24)20-8-4-10-22-9-3-5-18(22)23/h6-7,11-12H,3-5,8-10H2,1-2H3,(H,20,24). The zero-order chi connectivity index (χ0) is 17.1. The summed E-state index contributed by atoms with van der Waals surface area (Å²) >= 11 is 0. The topological polar surface area (TPSA) is 62.3 Å². The molecule has 5 nitrogen and oxygen atoms in total. The van der Waals surface area contributed by atoms with Gasteiger partial charge in [0.1, 0.15) is 0 Å². The Morgan fingerprint density at radius 1 is 1.29 bits per heavy atom. The number of fused-ring (bicyclic) bond motifs is 1. The van der Waals surface area contributed by atoms with Gasteiger partial charge in [-0.3, -0.25) is 14.6 Å². The number of carbonyl (C=O) groups is 2. The molecule has 0 atom stereocenters. The summed E-state index contributed by atoms with van der Waals surface area (Å²) in [5, 5.41) is 3.92. The van der Waals surface area contributed by atoms with Gasteiger partial charge in [-0.15, -0.1) is 0 Å². The first kappa shape index (κ1) is 16.4. The molecule has 24 heavy (non-hydrogen) atoms. The Morgan fingerprint density at radius 3 is 2.88 bits per heavy atom. The molecule has 0 radical (unpaired) electrons. The molecule has 0 spiro atoms. The SMILES string of the molecule is Cc1ccc2nc(C)c(C(=O)NCCCN3CCCC3=O)cc2c1. The summed E-state index contributed by atoms with van der Waals surface area (Å²) in [6, 6.07) is 7.95. The van der Waals surface area contributed by atoms with Gasteiger partial charge in [-0.2, -0.15) is 0 Å². The lowest BCUT2D eigenvalue weighted by Crippen LogP contribution is -2.31. The van der Waals surface area contributed by atoms with Crippen LogP contribution in [0.3, 0.4) is 0 Å². The van der Waals surface area contributed by atoms with Crippen molar-refractivity contribution in [3.63, 3.8) is 0 Å². The van der Waals surface area contributed by atoms with Crippen LogP contribution >= 0.6 is 0 Å². The first-order valence-electron chi connectivity index (χ1n) is 8.48. The van der Waals surface area contributed by atoms with Crippen LogP contribution in [-0.4, -0.2) is 41.3 Å². The lowest BCUT2D eigenvalue weighted by molar-refractivity contribution is -0.127. The average molecular weight is 325 g/mol. The molecule has 1 aromatic carbocycles. The predicted octanol–water partition coefficient (Wildman–Crippen LogP) is 2.59. The molecule has 2 aromatic rings. The maximum Gasteiger partial charge on any atom is 0.253 e. The number of aryl methyl sites for hydroxylation is 2. The van der Waals surface area contributed by atoms with E-state index in [1.165, 1.54) is 0 Å². The molecule has 1 saturated heterocycles. The number of likely N-dealkylation sites (tertiary alicyclic amines) is 1. The third kappa shape index (κ3) is 3.55. The van der Waals surface area contributed by atoms with Crippen LogP contribution in [-0.2, 0) is 4.79 Å². The van der Waals surface area contributed by atoms with Gasteiger partial charge >= 0.3 is 0 Å². The van der Waals surface area contributed by atoms with Crippen LogP contribution in [0.4, 0.5) is 0 Å². The number of benzene rings is 1. The van der Waals surface area contributed by atoms with E-state index < -0.39 is 0 Å². The summed E-state index contributed by atoms with van der Waals surface area (Å²) in [6.07, 6.45) is 2.39. The number of aromatic nitrogens is 1. The van der Waals surface area contributed by atoms with Crippen molar-refractivity contribution in [3.8, 4) is 0 Å². The first-order chi connectivity index (χ1) is 11.5. The van der Waals surface area contributed by atoms with E-state index in [1.54, 1.807) is 0 Å². The zero-order valence-corrected chi connectivity index (χ0v) is 14.3. The van der Waals surface area contributed by atoms with Crippen LogP contribution in [0.1, 0.15) is 40.9 Å². The highest BCUT2D eigenvalue weighted by Crippen LogP contribution is 2.18. The maximum absolute atomic E-state index is 12.4. The van der Waals surface area contributed by atoms with Crippen molar-refractivity contribution >= 4 is 22.7 Å². The fourth-order valence-electron chi connectivity index (χ4n) is 3.13. The highest BCUT2D eigenvalue weighted by molar-refractivity contribution is 5.98. The molecule has 0 unspecified atom stereocenters. The Morgan fingerprint density at radius 2 is 2.12 bits per heavy atom. The van der Waals surface area contributed by atoms with E-state index in [2.05, 4.69) is 10.3 Å². The summed E-state index contributed by atoms with van der Waals surface area (Å²) in [5.41, 5.74) is 3.40. The van der Waals surface area contributed by atoms with E-state index in [-0.39, 0.29) is 11.8 Å². The number of hydrogen-bond acceptors (Lipinski definition) is 3. The Labute approximate surface area is 142 Å². The minimum Gasteiger partial charge on any atom is -0.352 e. The van der Waals surface area contributed by atoms with Crippen LogP contribution in [0.25, 0.3) is 10.9 Å². The van der Waals surface area contributed by atoms with Crippen molar-refractivity contribution < 1.29 is 9.59 Å². The number of nitrogens with zero attached hydrogens (tertiary/aromatic N) is 2. The van der Waals surface area contributed by atoms with Gasteiger partial charge in [0.05, 0.1) is 16.8 Å². The first-order valence-corrected chi connectivity index (χ1v) is 8.48. The largest absolute Gasteiger partial charge is 0.352 e. The van der Waals surface area contributed by atoms with Crippen molar-refractivity contribution in [1.29, 1.82) is 0 Å². The average Bonchev–Trinajstić information content (AvgIpc) is 2.96. The number of amides is 2. The molecule has 1 aliphatic heterocycles. The fraction of sp³-hybridized carbons (Fsp3) is 0.421. The summed E-state index contributed by atoms with van der Waals surface area (Å²) in [6.45, 7) is 6.01. The van der Waals surface area contributed by atoms with Crippen molar-refractivity contribution in [2.24, 2.45) is 0 Å². The molecule has 126 valence electrons. The maximum atomic E-state index is 12.4. The molecule has 1 N–H and O–H groups in total. The molecule has 5 heteroatoms. The molecule has 1 fully saturated rings. The molecule has 0 saturated carbocycles. The molecular formula is C19H23N3O2. The van der Waals surface area contributed by atoms with E-state index in [1.807, 2.05) is 43.0 Å². The number of hydrogen-bond donors (Lipinski definition) is 1. The molecule has 1 aliphatic rings. The number of rotatable bonds is 5. The van der Waals surface area contributed by atoms with Gasteiger partial charge in [0.25, 0.3) is 5.91 Å². The van der Waals surface area contributed by atoms with E-state index in [4.69, 9.17) is 0 Å². The molecule has 0 bridgehead atoms. The van der Waals surface area contributed by atoms with Gasteiger partial charge in [-0.1, -0.05) is 11.6 Å². The summed E-state index contributed by atoms with van der Waals surface area (Å²) < 4.78 is 0. The third-order valence-electron chi connectivity index (χ3n) is 4.47. The highest BCUT2D eigenvalue weighted by atomic mass is 16.2. The fourth-order valence-corrected chi connectivity index (χ4v) is 3.13. The van der Waals surface area contributed by atoms with Gasteiger partial charge < -0.3 is 10.2 Å². The van der Waals surface area contributed by atoms with Gasteiger partial charge in [0.15, 0.2) is 0 Å². The third-order valence-corrected chi connectivity index (χ3v) is 4.47. The molecular weight excluding hydrogens is 302 g/mol. The molecule has 2 heterocycles. The predicted molar refractivity (Wildman–Crippen MR) is 94.0 cm³/mol. The molecule has 3 rings (SSSR count). The quantitative estimate of drug-likeness (QED) is 0.860. The lowest BCUT2D eigenvalue weighted by Gasteiger charge is -2.15. The Bertz CT molecular complexity index is 786. The van der Waals surface area contributed by atoms with E-state index in [0.717, 1.165) is 41.5 Å².